The summed E-state index contributed by atoms with van der Waals surface area (Å²) in [5.41, 5.74) is 1.10. The van der Waals surface area contributed by atoms with Crippen molar-refractivity contribution in [3.05, 3.63) is 11.4 Å². The first-order valence-electron chi connectivity index (χ1n) is 8.15. The van der Waals surface area contributed by atoms with Crippen LogP contribution in [0.25, 0.3) is 0 Å². The van der Waals surface area contributed by atoms with Crippen molar-refractivity contribution in [1.82, 2.24) is 14.9 Å². The van der Waals surface area contributed by atoms with Crippen LogP contribution in [0.1, 0.15) is 44.0 Å². The highest BCUT2D eigenvalue weighted by molar-refractivity contribution is 5.57. The monoisotopic (exact) mass is 291 g/mol. The SMILES string of the molecule is CCNc1nc(C)nc(NCCN(C)C2CCCC2)c1C. The molecule has 1 aromatic heterocycles. The molecule has 1 fully saturated rings. The molecule has 118 valence electrons. The van der Waals surface area contributed by atoms with Crippen molar-refractivity contribution in [2.24, 2.45) is 0 Å². The largest absolute Gasteiger partial charge is 0.370 e. The Morgan fingerprint density at radius 1 is 1.10 bits per heavy atom. The molecule has 1 aliphatic carbocycles. The highest BCUT2D eigenvalue weighted by Crippen LogP contribution is 2.22. The minimum Gasteiger partial charge on any atom is -0.370 e. The maximum atomic E-state index is 4.53. The fourth-order valence-corrected chi connectivity index (χ4v) is 3.02. The van der Waals surface area contributed by atoms with E-state index in [-0.39, 0.29) is 0 Å². The molecule has 0 bridgehead atoms. The van der Waals surface area contributed by atoms with E-state index in [1.54, 1.807) is 0 Å². The molecule has 0 spiro atoms. The van der Waals surface area contributed by atoms with Crippen LogP contribution in [0.2, 0.25) is 0 Å². The van der Waals surface area contributed by atoms with Gasteiger partial charge in [0.2, 0.25) is 0 Å². The summed E-state index contributed by atoms with van der Waals surface area (Å²) in [6.07, 6.45) is 5.48. The van der Waals surface area contributed by atoms with E-state index >= 15 is 0 Å². The van der Waals surface area contributed by atoms with Gasteiger partial charge in [-0.1, -0.05) is 12.8 Å². The average Bonchev–Trinajstić information content (AvgIpc) is 2.98. The topological polar surface area (TPSA) is 53.1 Å². The van der Waals surface area contributed by atoms with Crippen LogP contribution in [0.15, 0.2) is 0 Å². The molecule has 1 aliphatic rings. The number of rotatable bonds is 7. The molecule has 5 nitrogen and oxygen atoms in total. The highest BCUT2D eigenvalue weighted by atomic mass is 15.2. The number of nitrogens with zero attached hydrogens (tertiary/aromatic N) is 3. The van der Waals surface area contributed by atoms with Gasteiger partial charge in [-0.15, -0.1) is 0 Å². The molecular formula is C16H29N5. The maximum absolute atomic E-state index is 4.53. The Morgan fingerprint density at radius 2 is 1.71 bits per heavy atom. The summed E-state index contributed by atoms with van der Waals surface area (Å²) in [5, 5.41) is 6.77. The van der Waals surface area contributed by atoms with Crippen LogP contribution in [0.3, 0.4) is 0 Å². The van der Waals surface area contributed by atoms with Crippen LogP contribution in [0.5, 0.6) is 0 Å². The molecule has 0 aliphatic heterocycles. The molecule has 1 heterocycles. The molecule has 5 heteroatoms. The Hall–Kier alpha value is -1.36. The Kier molecular flexibility index (Phi) is 5.79. The van der Waals surface area contributed by atoms with Gasteiger partial charge >= 0.3 is 0 Å². The average molecular weight is 291 g/mol. The molecule has 2 rings (SSSR count). The fraction of sp³-hybridized carbons (Fsp3) is 0.750. The molecule has 0 saturated heterocycles. The zero-order chi connectivity index (χ0) is 15.2. The third-order valence-electron chi connectivity index (χ3n) is 4.31. The summed E-state index contributed by atoms with van der Waals surface area (Å²) >= 11 is 0. The van der Waals surface area contributed by atoms with Gasteiger partial charge in [0.25, 0.3) is 0 Å². The molecule has 1 aromatic rings. The quantitative estimate of drug-likeness (QED) is 0.809. The third-order valence-corrected chi connectivity index (χ3v) is 4.31. The van der Waals surface area contributed by atoms with E-state index in [9.17, 15) is 0 Å². The Morgan fingerprint density at radius 3 is 2.33 bits per heavy atom. The van der Waals surface area contributed by atoms with Gasteiger partial charge in [0.05, 0.1) is 0 Å². The van der Waals surface area contributed by atoms with Gasteiger partial charge in [0.1, 0.15) is 17.5 Å². The first kappa shape index (κ1) is 16.0. The summed E-state index contributed by atoms with van der Waals surface area (Å²) in [6.45, 7) is 8.96. The maximum Gasteiger partial charge on any atom is 0.134 e. The Bertz CT molecular complexity index is 454. The first-order chi connectivity index (χ1) is 10.1. The summed E-state index contributed by atoms with van der Waals surface area (Å²) in [4.78, 5) is 11.5. The van der Waals surface area contributed by atoms with Gasteiger partial charge in [0, 0.05) is 31.2 Å². The van der Waals surface area contributed by atoms with Crippen molar-refractivity contribution in [2.75, 3.05) is 37.3 Å². The summed E-state index contributed by atoms with van der Waals surface area (Å²) < 4.78 is 0. The van der Waals surface area contributed by atoms with E-state index < -0.39 is 0 Å². The van der Waals surface area contributed by atoms with Gasteiger partial charge in [-0.3, -0.25) is 0 Å². The second-order valence-electron chi connectivity index (χ2n) is 5.97. The molecule has 2 N–H and O–H groups in total. The number of anilines is 2. The molecule has 0 atom stereocenters. The third kappa shape index (κ3) is 4.30. The van der Waals surface area contributed by atoms with Crippen molar-refractivity contribution in [3.63, 3.8) is 0 Å². The lowest BCUT2D eigenvalue weighted by Crippen LogP contribution is -2.33. The lowest BCUT2D eigenvalue weighted by molar-refractivity contribution is 0.254. The summed E-state index contributed by atoms with van der Waals surface area (Å²) in [5.74, 6) is 2.71. The van der Waals surface area contributed by atoms with E-state index in [0.717, 1.165) is 48.7 Å². The van der Waals surface area contributed by atoms with E-state index in [2.05, 4.69) is 46.4 Å². The predicted molar refractivity (Wildman–Crippen MR) is 89.0 cm³/mol. The molecular weight excluding hydrogens is 262 g/mol. The number of aromatic nitrogens is 2. The smallest absolute Gasteiger partial charge is 0.134 e. The van der Waals surface area contributed by atoms with Crippen LogP contribution in [-0.4, -0.2) is 47.6 Å². The van der Waals surface area contributed by atoms with Crippen molar-refractivity contribution < 1.29 is 0 Å². The first-order valence-corrected chi connectivity index (χ1v) is 8.15. The molecule has 0 unspecified atom stereocenters. The molecule has 0 amide bonds. The van der Waals surface area contributed by atoms with Crippen LogP contribution in [-0.2, 0) is 0 Å². The van der Waals surface area contributed by atoms with Crippen LogP contribution in [0.4, 0.5) is 11.6 Å². The normalized spacial score (nSPS) is 15.7. The van der Waals surface area contributed by atoms with Crippen LogP contribution in [0, 0.1) is 13.8 Å². The van der Waals surface area contributed by atoms with Gasteiger partial charge in [-0.2, -0.15) is 0 Å². The second-order valence-corrected chi connectivity index (χ2v) is 5.97. The predicted octanol–water partition coefficient (Wildman–Crippen LogP) is 2.81. The van der Waals surface area contributed by atoms with Gasteiger partial charge in [-0.25, -0.2) is 9.97 Å². The van der Waals surface area contributed by atoms with Crippen molar-refractivity contribution in [3.8, 4) is 0 Å². The van der Waals surface area contributed by atoms with E-state index in [1.165, 1.54) is 25.7 Å². The number of hydrogen-bond acceptors (Lipinski definition) is 5. The van der Waals surface area contributed by atoms with Gasteiger partial charge < -0.3 is 15.5 Å². The Labute approximate surface area is 128 Å². The molecule has 0 radical (unpaired) electrons. The minimum atomic E-state index is 0.775. The number of aryl methyl sites for hydroxylation is 1. The van der Waals surface area contributed by atoms with Gasteiger partial charge in [0.15, 0.2) is 0 Å². The molecule has 21 heavy (non-hydrogen) atoms. The lowest BCUT2D eigenvalue weighted by Gasteiger charge is -2.24. The highest BCUT2D eigenvalue weighted by Gasteiger charge is 2.19. The minimum absolute atomic E-state index is 0.775. The molecule has 0 aromatic carbocycles. The standard InChI is InChI=1S/C16H29N5/c1-5-17-15-12(2)16(20-13(3)19-15)18-10-11-21(4)14-8-6-7-9-14/h14H,5-11H2,1-4H3,(H2,17,18,19,20). The zero-order valence-corrected chi connectivity index (χ0v) is 13.9. The van der Waals surface area contributed by atoms with Crippen molar-refractivity contribution >= 4 is 11.6 Å². The van der Waals surface area contributed by atoms with E-state index in [4.69, 9.17) is 0 Å². The Balaban J connectivity index is 1.90. The number of nitrogens with one attached hydrogen (secondary N) is 2. The second kappa shape index (κ2) is 7.59. The van der Waals surface area contributed by atoms with Crippen LogP contribution >= 0.6 is 0 Å². The number of hydrogen-bond donors (Lipinski definition) is 2. The number of likely N-dealkylation sites (N-methyl/N-ethyl adjacent to an activating group) is 1. The van der Waals surface area contributed by atoms with Crippen molar-refractivity contribution in [1.29, 1.82) is 0 Å². The van der Waals surface area contributed by atoms with E-state index in [0.29, 0.717) is 0 Å². The van der Waals surface area contributed by atoms with Gasteiger partial charge in [-0.05, 0) is 40.7 Å². The van der Waals surface area contributed by atoms with Crippen molar-refractivity contribution in [2.45, 2.75) is 52.5 Å². The van der Waals surface area contributed by atoms with E-state index in [1.807, 2.05) is 6.92 Å². The summed E-state index contributed by atoms with van der Waals surface area (Å²) in [6, 6.07) is 0.775. The summed E-state index contributed by atoms with van der Waals surface area (Å²) in [7, 11) is 2.24. The zero-order valence-electron chi connectivity index (χ0n) is 13.9. The fourth-order valence-electron chi connectivity index (χ4n) is 3.02. The molecule has 1 saturated carbocycles. The lowest BCUT2D eigenvalue weighted by atomic mass is 10.2. The van der Waals surface area contributed by atoms with Crippen LogP contribution < -0.4 is 10.6 Å².